The first-order valence-corrected chi connectivity index (χ1v) is 2.84. The van der Waals surface area contributed by atoms with Crippen molar-refractivity contribution in [3.63, 3.8) is 0 Å². The molecule has 0 rings (SSSR count). The lowest BCUT2D eigenvalue weighted by Gasteiger charge is -1.92. The van der Waals surface area contributed by atoms with Crippen LogP contribution in [0.5, 0.6) is 0 Å². The van der Waals surface area contributed by atoms with Crippen molar-refractivity contribution < 1.29 is 5.11 Å². The highest BCUT2D eigenvalue weighted by Gasteiger charge is 2.06. The second-order valence-corrected chi connectivity index (χ2v) is 2.25. The van der Waals surface area contributed by atoms with Crippen LogP contribution in [0.1, 0.15) is 13.8 Å². The molecule has 0 aromatic rings. The average Bonchev–Trinajstić information content (AvgIpc) is 1.65. The van der Waals surface area contributed by atoms with Gasteiger partial charge in [-0.2, -0.15) is 0 Å². The predicted molar refractivity (Wildman–Crippen MR) is 36.8 cm³/mol. The average molecular weight is 114 g/mol. The maximum atomic E-state index is 6.87. The van der Waals surface area contributed by atoms with Gasteiger partial charge in [-0.3, -0.25) is 0 Å². The zero-order valence-electron chi connectivity index (χ0n) is 5.57. The van der Waals surface area contributed by atoms with E-state index in [9.17, 15) is 0 Å². The van der Waals surface area contributed by atoms with Gasteiger partial charge in [0.2, 0.25) is 6.61 Å². The van der Waals surface area contributed by atoms with Crippen LogP contribution in [0.3, 0.4) is 0 Å². The Hall–Kier alpha value is -0.430. The molecule has 0 unspecified atom stereocenters. The lowest BCUT2D eigenvalue weighted by atomic mass is 10.1. The van der Waals surface area contributed by atoms with Gasteiger partial charge in [-0.15, -0.1) is 0 Å². The van der Waals surface area contributed by atoms with Crippen molar-refractivity contribution >= 4 is 0 Å². The Morgan fingerprint density at radius 1 is 1.75 bits per heavy atom. The summed E-state index contributed by atoms with van der Waals surface area (Å²) in [6, 6.07) is 0. The van der Waals surface area contributed by atoms with Gasteiger partial charge in [0.1, 0.15) is 0 Å². The summed E-state index contributed by atoms with van der Waals surface area (Å²) in [7, 11) is 0. The van der Waals surface area contributed by atoms with Crippen LogP contribution in [0, 0.1) is 12.3 Å². The highest BCUT2D eigenvalue weighted by Crippen LogP contribution is 2.04. The van der Waals surface area contributed by atoms with Gasteiger partial charge in [-0.05, 0) is 13.8 Å². The quantitative estimate of drug-likeness (QED) is 0.388. The van der Waals surface area contributed by atoms with Gasteiger partial charge in [0.25, 0.3) is 0 Å². The normalized spacial score (nSPS) is 9.50. The van der Waals surface area contributed by atoms with Crippen molar-refractivity contribution in [1.82, 2.24) is 0 Å². The minimum absolute atomic E-state index is 0.332. The zero-order valence-corrected chi connectivity index (χ0v) is 5.57. The maximum Gasteiger partial charge on any atom is 0.207 e. The van der Waals surface area contributed by atoms with Gasteiger partial charge < -0.3 is 5.11 Å². The van der Waals surface area contributed by atoms with Gasteiger partial charge in [0, 0.05) is 12.5 Å². The molecule has 0 aromatic carbocycles. The number of hydrogen-bond acceptors (Lipinski definition) is 0. The second kappa shape index (κ2) is 3.56. The van der Waals surface area contributed by atoms with Gasteiger partial charge in [0.05, 0.1) is 6.42 Å². The third kappa shape index (κ3) is 3.75. The molecule has 0 radical (unpaired) electrons. The minimum atomic E-state index is 0.332. The Bertz CT molecular complexity index is 74.5. The molecule has 0 fully saturated rings. The topological polar surface area (TPSA) is 22.9 Å². The van der Waals surface area contributed by atoms with Crippen LogP contribution in [0.25, 0.3) is 0 Å². The Labute approximate surface area is 51.0 Å². The van der Waals surface area contributed by atoms with Gasteiger partial charge >= 0.3 is 0 Å². The lowest BCUT2D eigenvalue weighted by molar-refractivity contribution is 0.331. The Balaban J connectivity index is 3.25. The molecule has 2 N–H and O–H groups in total. The van der Waals surface area contributed by atoms with Crippen molar-refractivity contribution in [2.24, 2.45) is 5.92 Å². The molecule has 0 aliphatic rings. The Morgan fingerprint density at radius 2 is 2.25 bits per heavy atom. The van der Waals surface area contributed by atoms with E-state index in [1.165, 1.54) is 0 Å². The van der Waals surface area contributed by atoms with E-state index < -0.39 is 0 Å². The summed E-state index contributed by atoms with van der Waals surface area (Å²) in [4.78, 5) is 0. The molecule has 0 amide bonds. The van der Waals surface area contributed by atoms with E-state index in [2.05, 4.69) is 20.4 Å². The zero-order chi connectivity index (χ0) is 6.57. The van der Waals surface area contributed by atoms with Crippen LogP contribution >= 0.6 is 0 Å². The van der Waals surface area contributed by atoms with Crippen LogP contribution in [-0.4, -0.2) is 11.7 Å². The first-order valence-electron chi connectivity index (χ1n) is 2.84. The minimum Gasteiger partial charge on any atom is -0.439 e. The highest BCUT2D eigenvalue weighted by atomic mass is 16.3. The molecule has 0 atom stereocenters. The van der Waals surface area contributed by atoms with Crippen LogP contribution in [0.4, 0.5) is 0 Å². The second-order valence-electron chi connectivity index (χ2n) is 2.25. The molecule has 1 nitrogen and oxygen atoms in total. The third-order valence-electron chi connectivity index (χ3n) is 0.796. The molecule has 8 heavy (non-hydrogen) atoms. The fraction of sp³-hybridized carbons (Fsp3) is 0.571. The molecule has 0 spiro atoms. The molecule has 0 aromatic heterocycles. The van der Waals surface area contributed by atoms with Gasteiger partial charge in [0.15, 0.2) is 5.57 Å². The van der Waals surface area contributed by atoms with E-state index in [4.69, 9.17) is 5.11 Å². The van der Waals surface area contributed by atoms with Gasteiger partial charge in [-0.1, -0.05) is 0 Å². The van der Waals surface area contributed by atoms with Gasteiger partial charge in [-0.25, -0.2) is 0 Å². The van der Waals surface area contributed by atoms with E-state index in [1.54, 1.807) is 0 Å². The van der Waals surface area contributed by atoms with Crippen molar-refractivity contribution in [2.75, 3.05) is 6.61 Å². The van der Waals surface area contributed by atoms with Crippen LogP contribution < -0.4 is 0 Å². The largest absolute Gasteiger partial charge is 0.439 e. The summed E-state index contributed by atoms with van der Waals surface area (Å²) < 4.78 is 0. The smallest absolute Gasteiger partial charge is 0.207 e. The standard InChI is InChI=1S/C7H13O/c1-6(2)4-7(3)5-8/h4,6,8H,3,5H2,1-2H3/q+1/p+1. The summed E-state index contributed by atoms with van der Waals surface area (Å²) in [5, 5.41) is 6.87. The van der Waals surface area contributed by atoms with Crippen LogP contribution in [0.2, 0.25) is 0 Å². The summed E-state index contributed by atoms with van der Waals surface area (Å²) in [5.74, 6) is 0.535. The number of rotatable bonds is 3. The van der Waals surface area contributed by atoms with E-state index in [-0.39, 0.29) is 0 Å². The fourth-order valence-corrected chi connectivity index (χ4v) is 0.530. The lowest BCUT2D eigenvalue weighted by Crippen LogP contribution is -1.94. The van der Waals surface area contributed by atoms with Crippen molar-refractivity contribution in [3.05, 3.63) is 18.6 Å². The summed E-state index contributed by atoms with van der Waals surface area (Å²) in [6.45, 7) is 8.17. The molecular weight excluding hydrogens is 100 g/mol. The van der Waals surface area contributed by atoms with E-state index in [0.717, 1.165) is 5.57 Å². The molecule has 46 valence electrons. The summed E-state index contributed by atoms with van der Waals surface area (Å²) >= 11 is 0. The van der Waals surface area contributed by atoms with Crippen LogP contribution in [0.15, 0.2) is 12.2 Å². The Morgan fingerprint density at radius 3 is 2.38 bits per heavy atom. The van der Waals surface area contributed by atoms with Crippen molar-refractivity contribution in [1.29, 1.82) is 0 Å². The highest BCUT2D eigenvalue weighted by molar-refractivity contribution is 5.08. The first kappa shape index (κ1) is 7.57. The summed E-state index contributed by atoms with van der Waals surface area (Å²) in [6.07, 6.45) is 2.01. The molecule has 0 saturated heterocycles. The summed E-state index contributed by atoms with van der Waals surface area (Å²) in [5.41, 5.74) is 0.917. The van der Waals surface area contributed by atoms with Crippen LogP contribution in [-0.2, 0) is 0 Å². The molecule has 0 saturated carbocycles. The molecule has 1 heteroatoms. The predicted octanol–water partition coefficient (Wildman–Crippen LogP) is 1.13. The molecule has 0 aliphatic carbocycles. The van der Waals surface area contributed by atoms with E-state index in [0.29, 0.717) is 12.5 Å². The molecule has 0 bridgehead atoms. The molecule has 0 heterocycles. The third-order valence-corrected chi connectivity index (χ3v) is 0.796. The molecule has 0 aliphatic heterocycles. The SMILES string of the molecule is C=C([CH+]C(C)C)C[OH2+]. The first-order chi connectivity index (χ1) is 3.66. The monoisotopic (exact) mass is 114 g/mol. The van der Waals surface area contributed by atoms with Crippen molar-refractivity contribution in [3.8, 4) is 0 Å². The number of hydrogen-bond donors (Lipinski definition) is 0. The maximum absolute atomic E-state index is 6.87. The Kier molecular flexibility index (Phi) is 3.37. The van der Waals surface area contributed by atoms with Crippen molar-refractivity contribution in [2.45, 2.75) is 13.8 Å². The fourth-order valence-electron chi connectivity index (χ4n) is 0.530. The van der Waals surface area contributed by atoms with E-state index in [1.807, 2.05) is 6.42 Å². The van der Waals surface area contributed by atoms with E-state index >= 15 is 0 Å². The molecular formula is C7H14O+2.